The molecule has 0 spiro atoms. The van der Waals surface area contributed by atoms with E-state index in [0.29, 0.717) is 6.54 Å². The molecule has 0 amide bonds. The Morgan fingerprint density at radius 3 is 2.69 bits per heavy atom. The Kier molecular flexibility index (Phi) is 3.39. The van der Waals surface area contributed by atoms with E-state index >= 15 is 0 Å². The van der Waals surface area contributed by atoms with Crippen LogP contribution >= 0.6 is 0 Å². The fourth-order valence-corrected chi connectivity index (χ4v) is 0.924. The lowest BCUT2D eigenvalue weighted by Gasteiger charge is -2.21. The summed E-state index contributed by atoms with van der Waals surface area (Å²) in [5.41, 5.74) is 1.62. The lowest BCUT2D eigenvalue weighted by Crippen LogP contribution is -2.31. The first-order chi connectivity index (χ1) is 6.15. The van der Waals surface area contributed by atoms with Crippen LogP contribution in [0.4, 0.5) is 0 Å². The number of aromatic nitrogens is 2. The minimum Gasteiger partial charge on any atom is -0.395 e. The Hall–Kier alpha value is -0.940. The second-order valence-corrected chi connectivity index (χ2v) is 3.24. The van der Waals surface area contributed by atoms with Crippen molar-refractivity contribution in [3.05, 3.63) is 11.4 Å². The zero-order chi connectivity index (χ0) is 9.84. The molecule has 13 heavy (non-hydrogen) atoms. The van der Waals surface area contributed by atoms with Crippen LogP contribution in [0, 0.1) is 6.92 Å². The van der Waals surface area contributed by atoms with E-state index in [9.17, 15) is 0 Å². The van der Waals surface area contributed by atoms with Gasteiger partial charge in [0.1, 0.15) is 11.4 Å². The van der Waals surface area contributed by atoms with Crippen molar-refractivity contribution in [1.29, 1.82) is 0 Å². The summed E-state index contributed by atoms with van der Waals surface area (Å²) in [6.07, 6.45) is 0. The van der Waals surface area contributed by atoms with E-state index in [1.54, 1.807) is 0 Å². The summed E-state index contributed by atoms with van der Waals surface area (Å²) in [6.45, 7) is 4.59. The van der Waals surface area contributed by atoms with Crippen molar-refractivity contribution < 1.29 is 9.74 Å². The highest BCUT2D eigenvalue weighted by atomic mass is 16.6. The molecule has 5 heteroatoms. The number of aryl methyl sites for hydroxylation is 1. The molecule has 5 nitrogen and oxygen atoms in total. The fourth-order valence-electron chi connectivity index (χ4n) is 0.924. The molecule has 0 radical (unpaired) electrons. The summed E-state index contributed by atoms with van der Waals surface area (Å²) in [5.74, 6) is 0. The second kappa shape index (κ2) is 4.34. The van der Waals surface area contributed by atoms with Gasteiger partial charge in [-0.1, -0.05) is 10.3 Å². The zero-order valence-corrected chi connectivity index (χ0v) is 8.19. The molecule has 1 unspecified atom stereocenters. The van der Waals surface area contributed by atoms with Gasteiger partial charge >= 0.3 is 0 Å². The third-order valence-corrected chi connectivity index (χ3v) is 2.16. The van der Waals surface area contributed by atoms with Gasteiger partial charge in [0.25, 0.3) is 0 Å². The monoisotopic (exact) mass is 185 g/mol. The summed E-state index contributed by atoms with van der Waals surface area (Å²) in [7, 11) is 1.93. The molecule has 1 rings (SSSR count). The Balaban J connectivity index is 2.54. The predicted octanol–water partition coefficient (Wildman–Crippen LogP) is 0.191. The van der Waals surface area contributed by atoms with Crippen LogP contribution in [0.1, 0.15) is 18.3 Å². The summed E-state index contributed by atoms with van der Waals surface area (Å²) in [5, 5.41) is 16.3. The van der Waals surface area contributed by atoms with E-state index in [4.69, 9.17) is 5.11 Å². The summed E-state index contributed by atoms with van der Waals surface area (Å²) < 4.78 is 4.57. The maximum Gasteiger partial charge on any atom is 0.122 e. The van der Waals surface area contributed by atoms with Gasteiger partial charge in [-0.3, -0.25) is 4.90 Å². The van der Waals surface area contributed by atoms with E-state index in [2.05, 4.69) is 14.9 Å². The normalized spacial score (nSPS) is 13.6. The number of likely N-dealkylation sites (N-methyl/N-ethyl adjacent to an activating group) is 1. The minimum absolute atomic E-state index is 0.121. The van der Waals surface area contributed by atoms with Gasteiger partial charge < -0.3 is 5.11 Å². The predicted molar refractivity (Wildman–Crippen MR) is 47.0 cm³/mol. The lowest BCUT2D eigenvalue weighted by atomic mass is 10.2. The molecular formula is C8H15N3O2. The molecule has 1 heterocycles. The van der Waals surface area contributed by atoms with Crippen LogP contribution in [0.25, 0.3) is 0 Å². The van der Waals surface area contributed by atoms with Crippen molar-refractivity contribution in [3.8, 4) is 0 Å². The average Bonchev–Trinajstić information content (AvgIpc) is 2.50. The van der Waals surface area contributed by atoms with Gasteiger partial charge in [0, 0.05) is 12.6 Å². The van der Waals surface area contributed by atoms with E-state index < -0.39 is 0 Å². The minimum atomic E-state index is 0.121. The lowest BCUT2D eigenvalue weighted by molar-refractivity contribution is 0.151. The smallest absolute Gasteiger partial charge is 0.122 e. The van der Waals surface area contributed by atoms with Gasteiger partial charge in [-0.15, -0.1) is 0 Å². The van der Waals surface area contributed by atoms with Crippen LogP contribution in [0.3, 0.4) is 0 Å². The first kappa shape index (κ1) is 10.1. The quantitative estimate of drug-likeness (QED) is 0.725. The molecule has 0 aliphatic carbocycles. The molecule has 0 saturated carbocycles. The number of hydrogen-bond acceptors (Lipinski definition) is 5. The zero-order valence-electron chi connectivity index (χ0n) is 8.19. The van der Waals surface area contributed by atoms with E-state index in [1.165, 1.54) is 0 Å². The van der Waals surface area contributed by atoms with Gasteiger partial charge in [0.05, 0.1) is 6.61 Å². The molecule has 0 saturated heterocycles. The van der Waals surface area contributed by atoms with Crippen molar-refractivity contribution in [1.82, 2.24) is 15.2 Å². The standard InChI is InChI=1S/C8H15N3O2/c1-6(5-12)11(3)4-8-7(2)9-13-10-8/h6,12H,4-5H2,1-3H3. The van der Waals surface area contributed by atoms with Gasteiger partial charge in [-0.2, -0.15) is 0 Å². The molecule has 0 aliphatic heterocycles. The van der Waals surface area contributed by atoms with Crippen molar-refractivity contribution in [2.24, 2.45) is 0 Å². The highest BCUT2D eigenvalue weighted by molar-refractivity contribution is 5.04. The molecular weight excluding hydrogens is 170 g/mol. The third kappa shape index (κ3) is 2.50. The number of hydrogen-bond donors (Lipinski definition) is 1. The van der Waals surface area contributed by atoms with Crippen LogP contribution in [-0.2, 0) is 6.54 Å². The van der Waals surface area contributed by atoms with E-state index in [0.717, 1.165) is 11.4 Å². The molecule has 0 aromatic carbocycles. The summed E-state index contributed by atoms with van der Waals surface area (Å²) in [4.78, 5) is 1.99. The highest BCUT2D eigenvalue weighted by Crippen LogP contribution is 2.06. The van der Waals surface area contributed by atoms with Crippen LogP contribution in [0.2, 0.25) is 0 Å². The van der Waals surface area contributed by atoms with Gasteiger partial charge in [-0.25, -0.2) is 4.63 Å². The number of aliphatic hydroxyl groups excluding tert-OH is 1. The molecule has 74 valence electrons. The van der Waals surface area contributed by atoms with Crippen LogP contribution in [-0.4, -0.2) is 40.0 Å². The van der Waals surface area contributed by atoms with Crippen molar-refractivity contribution in [2.75, 3.05) is 13.7 Å². The van der Waals surface area contributed by atoms with Crippen LogP contribution < -0.4 is 0 Å². The molecule has 1 N–H and O–H groups in total. The summed E-state index contributed by atoms with van der Waals surface area (Å²) in [6, 6.07) is 0.121. The topological polar surface area (TPSA) is 62.4 Å². The maximum atomic E-state index is 8.90. The Morgan fingerprint density at radius 1 is 1.54 bits per heavy atom. The molecule has 0 bridgehead atoms. The van der Waals surface area contributed by atoms with Gasteiger partial charge in [0.2, 0.25) is 0 Å². The van der Waals surface area contributed by atoms with Crippen LogP contribution in [0.5, 0.6) is 0 Å². The van der Waals surface area contributed by atoms with E-state index in [-0.39, 0.29) is 12.6 Å². The second-order valence-electron chi connectivity index (χ2n) is 3.24. The van der Waals surface area contributed by atoms with Crippen LogP contribution in [0.15, 0.2) is 4.63 Å². The number of nitrogens with zero attached hydrogens (tertiary/aromatic N) is 3. The fraction of sp³-hybridized carbons (Fsp3) is 0.750. The van der Waals surface area contributed by atoms with Gasteiger partial charge in [0.15, 0.2) is 0 Å². The SMILES string of the molecule is Cc1nonc1CN(C)C(C)CO. The molecule has 0 aliphatic rings. The van der Waals surface area contributed by atoms with E-state index in [1.807, 2.05) is 25.8 Å². The Labute approximate surface area is 77.3 Å². The molecule has 1 atom stereocenters. The largest absolute Gasteiger partial charge is 0.395 e. The van der Waals surface area contributed by atoms with Crippen molar-refractivity contribution in [3.63, 3.8) is 0 Å². The number of rotatable bonds is 4. The van der Waals surface area contributed by atoms with Crippen molar-refractivity contribution in [2.45, 2.75) is 26.4 Å². The first-order valence-corrected chi connectivity index (χ1v) is 4.24. The summed E-state index contributed by atoms with van der Waals surface area (Å²) >= 11 is 0. The average molecular weight is 185 g/mol. The van der Waals surface area contributed by atoms with Gasteiger partial charge in [-0.05, 0) is 20.9 Å². The third-order valence-electron chi connectivity index (χ3n) is 2.16. The van der Waals surface area contributed by atoms with Crippen molar-refractivity contribution >= 4 is 0 Å². The number of aliphatic hydroxyl groups is 1. The molecule has 1 aromatic heterocycles. The Morgan fingerprint density at radius 2 is 2.23 bits per heavy atom. The first-order valence-electron chi connectivity index (χ1n) is 4.24. The highest BCUT2D eigenvalue weighted by Gasteiger charge is 2.12. The molecule has 1 aromatic rings. The maximum absolute atomic E-state index is 8.90. The Bertz CT molecular complexity index is 262. The molecule has 0 fully saturated rings.